The minimum absolute atomic E-state index is 0.0978. The molecule has 0 amide bonds. The van der Waals surface area contributed by atoms with Crippen LogP contribution in [0.5, 0.6) is 11.5 Å². The summed E-state index contributed by atoms with van der Waals surface area (Å²) in [7, 11) is 0. The molecule has 0 saturated carbocycles. The lowest BCUT2D eigenvalue weighted by Gasteiger charge is -2.11. The summed E-state index contributed by atoms with van der Waals surface area (Å²) in [4.78, 5) is 0. The number of rotatable bonds is 2. The third kappa shape index (κ3) is 3.41. The van der Waals surface area contributed by atoms with Crippen molar-refractivity contribution in [2.45, 2.75) is 13.1 Å². The highest BCUT2D eigenvalue weighted by Crippen LogP contribution is 2.37. The topological polar surface area (TPSA) is 9.23 Å². The minimum atomic E-state index is -4.50. The molecule has 100 valence electrons. The summed E-state index contributed by atoms with van der Waals surface area (Å²) in [6.07, 6.45) is -4.50. The van der Waals surface area contributed by atoms with Gasteiger partial charge in [0.25, 0.3) is 0 Å². The van der Waals surface area contributed by atoms with Gasteiger partial charge in [-0.1, -0.05) is 29.3 Å². The van der Waals surface area contributed by atoms with Crippen molar-refractivity contribution in [2.24, 2.45) is 0 Å². The van der Waals surface area contributed by atoms with E-state index in [-0.39, 0.29) is 10.8 Å². The van der Waals surface area contributed by atoms with Crippen molar-refractivity contribution in [1.82, 2.24) is 0 Å². The molecular weight excluding hydrogens is 277 g/mol. The van der Waals surface area contributed by atoms with E-state index in [1.54, 1.807) is 12.1 Å². The normalized spacial score (nSPS) is 11.4. The highest BCUT2D eigenvalue weighted by molar-refractivity contribution is 6.31. The van der Waals surface area contributed by atoms with E-state index < -0.39 is 11.7 Å². The van der Waals surface area contributed by atoms with Gasteiger partial charge in [-0.25, -0.2) is 0 Å². The predicted molar refractivity (Wildman–Crippen MR) is 67.7 cm³/mol. The highest BCUT2D eigenvalue weighted by atomic mass is 35.5. The molecule has 2 rings (SSSR count). The fraction of sp³-hybridized carbons (Fsp3) is 0.143. The molecule has 0 saturated heterocycles. The summed E-state index contributed by atoms with van der Waals surface area (Å²) in [5, 5.41) is -0.344. The maximum Gasteiger partial charge on any atom is 0.417 e. The molecule has 0 spiro atoms. The monoisotopic (exact) mass is 286 g/mol. The smallest absolute Gasteiger partial charge is 0.417 e. The van der Waals surface area contributed by atoms with Crippen molar-refractivity contribution in [2.75, 3.05) is 0 Å². The second kappa shape index (κ2) is 5.13. The van der Waals surface area contributed by atoms with Crippen LogP contribution >= 0.6 is 11.6 Å². The molecule has 1 nitrogen and oxygen atoms in total. The van der Waals surface area contributed by atoms with Crippen molar-refractivity contribution in [3.63, 3.8) is 0 Å². The number of ether oxygens (including phenoxy) is 1. The largest absolute Gasteiger partial charge is 0.457 e. The second-order valence-electron chi connectivity index (χ2n) is 4.05. The van der Waals surface area contributed by atoms with Gasteiger partial charge < -0.3 is 4.74 Å². The Labute approximate surface area is 113 Å². The van der Waals surface area contributed by atoms with Gasteiger partial charge in [-0.2, -0.15) is 13.2 Å². The van der Waals surface area contributed by atoms with Crippen LogP contribution in [-0.2, 0) is 6.18 Å². The number of aryl methyl sites for hydroxylation is 1. The molecular formula is C14H10ClF3O. The first-order valence-corrected chi connectivity index (χ1v) is 5.85. The van der Waals surface area contributed by atoms with E-state index in [9.17, 15) is 13.2 Å². The number of halogens is 4. The SMILES string of the molecule is Cc1ccc(Oc2ccc(Cl)c(C(F)(F)F)c2)cc1. The molecule has 0 heterocycles. The van der Waals surface area contributed by atoms with Crippen molar-refractivity contribution in [1.29, 1.82) is 0 Å². The molecule has 2 aromatic carbocycles. The summed E-state index contributed by atoms with van der Waals surface area (Å²) < 4.78 is 43.4. The average molecular weight is 287 g/mol. The van der Waals surface area contributed by atoms with E-state index in [0.717, 1.165) is 11.6 Å². The Balaban J connectivity index is 2.29. The Kier molecular flexibility index (Phi) is 3.71. The predicted octanol–water partition coefficient (Wildman–Crippen LogP) is 5.46. The molecule has 19 heavy (non-hydrogen) atoms. The second-order valence-corrected chi connectivity index (χ2v) is 4.46. The van der Waals surface area contributed by atoms with Gasteiger partial charge in [0.15, 0.2) is 0 Å². The van der Waals surface area contributed by atoms with Crippen LogP contribution in [0.3, 0.4) is 0 Å². The lowest BCUT2D eigenvalue weighted by Crippen LogP contribution is -2.05. The number of alkyl halides is 3. The Morgan fingerprint density at radius 1 is 0.947 bits per heavy atom. The maximum atomic E-state index is 12.7. The fourth-order valence-electron chi connectivity index (χ4n) is 1.53. The van der Waals surface area contributed by atoms with Crippen LogP contribution in [0.1, 0.15) is 11.1 Å². The summed E-state index contributed by atoms with van der Waals surface area (Å²) >= 11 is 5.53. The van der Waals surface area contributed by atoms with E-state index >= 15 is 0 Å². The maximum absolute atomic E-state index is 12.7. The molecule has 0 N–H and O–H groups in total. The zero-order valence-corrected chi connectivity index (χ0v) is 10.7. The third-order valence-electron chi connectivity index (χ3n) is 2.50. The first kappa shape index (κ1) is 13.7. The van der Waals surface area contributed by atoms with E-state index in [1.165, 1.54) is 12.1 Å². The van der Waals surface area contributed by atoms with Crippen LogP contribution in [0.4, 0.5) is 13.2 Å². The zero-order chi connectivity index (χ0) is 14.0. The number of benzene rings is 2. The Morgan fingerprint density at radius 2 is 1.53 bits per heavy atom. The van der Waals surface area contributed by atoms with Gasteiger partial charge in [-0.3, -0.25) is 0 Å². The van der Waals surface area contributed by atoms with Crippen molar-refractivity contribution >= 4 is 11.6 Å². The molecule has 0 radical (unpaired) electrons. The van der Waals surface area contributed by atoms with E-state index in [0.29, 0.717) is 5.75 Å². The van der Waals surface area contributed by atoms with Crippen LogP contribution < -0.4 is 4.74 Å². The van der Waals surface area contributed by atoms with Crippen LogP contribution in [0.2, 0.25) is 5.02 Å². The van der Waals surface area contributed by atoms with Crippen molar-refractivity contribution in [3.8, 4) is 11.5 Å². The van der Waals surface area contributed by atoms with Gasteiger partial charge in [0.1, 0.15) is 11.5 Å². The van der Waals surface area contributed by atoms with Crippen LogP contribution in [-0.4, -0.2) is 0 Å². The number of hydrogen-bond donors (Lipinski definition) is 0. The quantitative estimate of drug-likeness (QED) is 0.712. The summed E-state index contributed by atoms with van der Waals surface area (Å²) in [6.45, 7) is 1.91. The van der Waals surface area contributed by atoms with E-state index in [2.05, 4.69) is 0 Å². The molecule has 2 aromatic rings. The average Bonchev–Trinajstić information content (AvgIpc) is 2.33. The van der Waals surface area contributed by atoms with E-state index in [4.69, 9.17) is 16.3 Å². The fourth-order valence-corrected chi connectivity index (χ4v) is 1.75. The van der Waals surface area contributed by atoms with Gasteiger partial charge in [0, 0.05) is 0 Å². The Bertz CT molecular complexity index is 576. The molecule has 0 bridgehead atoms. The lowest BCUT2D eigenvalue weighted by molar-refractivity contribution is -0.137. The van der Waals surface area contributed by atoms with E-state index in [1.807, 2.05) is 19.1 Å². The van der Waals surface area contributed by atoms with Gasteiger partial charge >= 0.3 is 6.18 Å². The minimum Gasteiger partial charge on any atom is -0.457 e. The molecule has 0 atom stereocenters. The summed E-state index contributed by atoms with van der Waals surface area (Å²) in [5.74, 6) is 0.571. The Hall–Kier alpha value is -1.68. The van der Waals surface area contributed by atoms with Gasteiger partial charge in [0.05, 0.1) is 10.6 Å². The molecule has 0 aromatic heterocycles. The zero-order valence-electron chi connectivity index (χ0n) is 9.96. The standard InChI is InChI=1S/C14H10ClF3O/c1-9-2-4-10(5-3-9)19-11-6-7-13(15)12(8-11)14(16,17)18/h2-8H,1H3. The van der Waals surface area contributed by atoms with Crippen molar-refractivity contribution < 1.29 is 17.9 Å². The molecule has 0 unspecified atom stereocenters. The first-order valence-electron chi connectivity index (χ1n) is 5.47. The van der Waals surface area contributed by atoms with Crippen LogP contribution in [0.15, 0.2) is 42.5 Å². The van der Waals surface area contributed by atoms with Gasteiger partial charge in [-0.05, 0) is 37.3 Å². The summed E-state index contributed by atoms with van der Waals surface area (Å²) in [6, 6.07) is 10.5. The Morgan fingerprint density at radius 3 is 2.11 bits per heavy atom. The third-order valence-corrected chi connectivity index (χ3v) is 2.83. The van der Waals surface area contributed by atoms with Gasteiger partial charge in [-0.15, -0.1) is 0 Å². The first-order chi connectivity index (χ1) is 8.86. The highest BCUT2D eigenvalue weighted by Gasteiger charge is 2.33. The molecule has 5 heteroatoms. The van der Waals surface area contributed by atoms with Crippen LogP contribution in [0, 0.1) is 6.92 Å². The van der Waals surface area contributed by atoms with Gasteiger partial charge in [0.2, 0.25) is 0 Å². The summed E-state index contributed by atoms with van der Waals surface area (Å²) in [5.41, 5.74) is 0.137. The number of hydrogen-bond acceptors (Lipinski definition) is 1. The van der Waals surface area contributed by atoms with Crippen molar-refractivity contribution in [3.05, 3.63) is 58.6 Å². The lowest BCUT2D eigenvalue weighted by atomic mass is 10.2. The molecule has 0 aliphatic heterocycles. The molecule has 0 aliphatic carbocycles. The van der Waals surface area contributed by atoms with Crippen LogP contribution in [0.25, 0.3) is 0 Å². The molecule has 0 aliphatic rings. The molecule has 0 fully saturated rings.